The van der Waals surface area contributed by atoms with Crippen LogP contribution in [-0.2, 0) is 0 Å². The van der Waals surface area contributed by atoms with Crippen molar-refractivity contribution in [2.24, 2.45) is 0 Å². The summed E-state index contributed by atoms with van der Waals surface area (Å²) in [5.74, 6) is 0.862. The Bertz CT molecular complexity index is 594. The first-order chi connectivity index (χ1) is 9.65. The van der Waals surface area contributed by atoms with E-state index in [1.165, 1.54) is 0 Å². The van der Waals surface area contributed by atoms with Crippen molar-refractivity contribution in [3.05, 3.63) is 48.3 Å². The lowest BCUT2D eigenvalue weighted by Gasteiger charge is -2.19. The van der Waals surface area contributed by atoms with Gasteiger partial charge in [-0.2, -0.15) is 0 Å². The Morgan fingerprint density at radius 2 is 2.05 bits per heavy atom. The number of benzene rings is 1. The number of carbonyl (C=O) groups excluding carboxylic acids is 1. The molecule has 0 aliphatic heterocycles. The number of nitrogens with zero attached hydrogens (tertiary/aromatic N) is 2. The van der Waals surface area contributed by atoms with Crippen molar-refractivity contribution in [2.45, 2.75) is 13.3 Å². The number of methoxy groups -OCH3 is 1. The number of aromatic nitrogens is 1. The summed E-state index contributed by atoms with van der Waals surface area (Å²) in [6.45, 7) is 1.83. The number of carbonyl (C=O) groups is 1. The van der Waals surface area contributed by atoms with Gasteiger partial charge in [-0.05, 0) is 24.3 Å². The second-order valence-electron chi connectivity index (χ2n) is 4.44. The molecule has 104 valence electrons. The SMILES string of the molecule is CCC(=O)c1ccc(N(C)c2cccc(OC)c2)cn1. The molecule has 2 aromatic rings. The van der Waals surface area contributed by atoms with E-state index in [0.29, 0.717) is 12.1 Å². The summed E-state index contributed by atoms with van der Waals surface area (Å²) in [5.41, 5.74) is 2.43. The zero-order valence-electron chi connectivity index (χ0n) is 12.0. The summed E-state index contributed by atoms with van der Waals surface area (Å²) in [4.78, 5) is 17.8. The van der Waals surface area contributed by atoms with Crippen LogP contribution < -0.4 is 9.64 Å². The molecule has 1 aromatic carbocycles. The van der Waals surface area contributed by atoms with Crippen LogP contribution in [0.1, 0.15) is 23.8 Å². The maximum Gasteiger partial charge on any atom is 0.180 e. The first kappa shape index (κ1) is 14.1. The zero-order chi connectivity index (χ0) is 14.5. The standard InChI is InChI=1S/C16H18N2O2/c1-4-16(19)15-9-8-13(11-17-15)18(2)12-6-5-7-14(10-12)20-3/h5-11H,4H2,1-3H3. The predicted octanol–water partition coefficient (Wildman–Crippen LogP) is 3.45. The van der Waals surface area contributed by atoms with Crippen molar-refractivity contribution in [2.75, 3.05) is 19.1 Å². The molecule has 1 aromatic heterocycles. The Hall–Kier alpha value is -2.36. The third-order valence-electron chi connectivity index (χ3n) is 3.18. The Labute approximate surface area is 119 Å². The average Bonchev–Trinajstić information content (AvgIpc) is 2.53. The topological polar surface area (TPSA) is 42.4 Å². The molecule has 0 saturated heterocycles. The molecule has 0 unspecified atom stereocenters. The second kappa shape index (κ2) is 6.19. The van der Waals surface area contributed by atoms with Crippen LogP contribution in [-0.4, -0.2) is 24.9 Å². The minimum atomic E-state index is 0.0561. The van der Waals surface area contributed by atoms with Crippen LogP contribution in [0.2, 0.25) is 0 Å². The highest BCUT2D eigenvalue weighted by Gasteiger charge is 2.08. The molecule has 0 aliphatic rings. The fraction of sp³-hybridized carbons (Fsp3) is 0.250. The van der Waals surface area contributed by atoms with E-state index in [1.54, 1.807) is 19.4 Å². The summed E-state index contributed by atoms with van der Waals surface area (Å²) in [7, 11) is 3.60. The monoisotopic (exact) mass is 270 g/mol. The third-order valence-corrected chi connectivity index (χ3v) is 3.18. The largest absolute Gasteiger partial charge is 0.497 e. The summed E-state index contributed by atoms with van der Waals surface area (Å²) < 4.78 is 5.22. The Morgan fingerprint density at radius 1 is 1.25 bits per heavy atom. The van der Waals surface area contributed by atoms with Gasteiger partial charge >= 0.3 is 0 Å². The Morgan fingerprint density at radius 3 is 2.65 bits per heavy atom. The third kappa shape index (κ3) is 2.96. The molecular weight excluding hydrogens is 252 g/mol. The number of ether oxygens (including phenoxy) is 1. The van der Waals surface area contributed by atoms with Crippen LogP contribution in [0.25, 0.3) is 0 Å². The number of anilines is 2. The van der Waals surface area contributed by atoms with Crippen LogP contribution >= 0.6 is 0 Å². The van der Waals surface area contributed by atoms with E-state index in [4.69, 9.17) is 4.74 Å². The van der Waals surface area contributed by atoms with E-state index in [-0.39, 0.29) is 5.78 Å². The lowest BCUT2D eigenvalue weighted by Crippen LogP contribution is -2.10. The first-order valence-corrected chi connectivity index (χ1v) is 6.52. The molecule has 0 saturated carbocycles. The van der Waals surface area contributed by atoms with Gasteiger partial charge in [0.1, 0.15) is 11.4 Å². The maximum absolute atomic E-state index is 11.6. The molecule has 0 fully saturated rings. The molecule has 1 heterocycles. The van der Waals surface area contributed by atoms with Crippen LogP contribution in [0.15, 0.2) is 42.6 Å². The Kier molecular flexibility index (Phi) is 4.35. The van der Waals surface area contributed by atoms with Crippen molar-refractivity contribution >= 4 is 17.2 Å². The highest BCUT2D eigenvalue weighted by atomic mass is 16.5. The molecular formula is C16H18N2O2. The molecule has 0 atom stereocenters. The lowest BCUT2D eigenvalue weighted by molar-refractivity contribution is 0.0983. The second-order valence-corrected chi connectivity index (χ2v) is 4.44. The van der Waals surface area contributed by atoms with Crippen molar-refractivity contribution in [1.82, 2.24) is 4.98 Å². The number of ketones is 1. The molecule has 0 bridgehead atoms. The average molecular weight is 270 g/mol. The minimum absolute atomic E-state index is 0.0561. The molecule has 0 N–H and O–H groups in total. The van der Waals surface area contributed by atoms with E-state index >= 15 is 0 Å². The fourth-order valence-electron chi connectivity index (χ4n) is 1.90. The number of pyridine rings is 1. The minimum Gasteiger partial charge on any atom is -0.497 e. The molecule has 0 aliphatic carbocycles. The molecule has 0 radical (unpaired) electrons. The van der Waals surface area contributed by atoms with Gasteiger partial charge in [0.2, 0.25) is 0 Å². The van der Waals surface area contributed by atoms with Gasteiger partial charge in [0, 0.05) is 25.2 Å². The quantitative estimate of drug-likeness (QED) is 0.780. The van der Waals surface area contributed by atoms with E-state index in [9.17, 15) is 4.79 Å². The number of hydrogen-bond acceptors (Lipinski definition) is 4. The van der Waals surface area contributed by atoms with Crippen molar-refractivity contribution < 1.29 is 9.53 Å². The molecule has 0 amide bonds. The van der Waals surface area contributed by atoms with Crippen LogP contribution in [0.5, 0.6) is 5.75 Å². The van der Waals surface area contributed by atoms with Gasteiger partial charge in [-0.25, -0.2) is 0 Å². The number of hydrogen-bond donors (Lipinski definition) is 0. The van der Waals surface area contributed by atoms with E-state index in [0.717, 1.165) is 17.1 Å². The van der Waals surface area contributed by atoms with Crippen LogP contribution in [0, 0.1) is 0 Å². The summed E-state index contributed by atoms with van der Waals surface area (Å²) in [5, 5.41) is 0. The van der Waals surface area contributed by atoms with E-state index in [2.05, 4.69) is 4.98 Å². The summed E-state index contributed by atoms with van der Waals surface area (Å²) in [6.07, 6.45) is 2.18. The fourth-order valence-corrected chi connectivity index (χ4v) is 1.90. The van der Waals surface area contributed by atoms with Gasteiger partial charge in [-0.1, -0.05) is 13.0 Å². The highest BCUT2D eigenvalue weighted by molar-refractivity contribution is 5.94. The molecule has 4 nitrogen and oxygen atoms in total. The van der Waals surface area contributed by atoms with Gasteiger partial charge in [0.25, 0.3) is 0 Å². The van der Waals surface area contributed by atoms with Gasteiger partial charge < -0.3 is 9.64 Å². The van der Waals surface area contributed by atoms with E-state index < -0.39 is 0 Å². The highest BCUT2D eigenvalue weighted by Crippen LogP contribution is 2.26. The summed E-state index contributed by atoms with van der Waals surface area (Å²) in [6, 6.07) is 11.4. The van der Waals surface area contributed by atoms with Gasteiger partial charge in [-0.3, -0.25) is 9.78 Å². The smallest absolute Gasteiger partial charge is 0.180 e. The Balaban J connectivity index is 2.24. The zero-order valence-corrected chi connectivity index (χ0v) is 12.0. The van der Waals surface area contributed by atoms with Gasteiger partial charge in [0.15, 0.2) is 5.78 Å². The number of rotatable bonds is 5. The maximum atomic E-state index is 11.6. The van der Waals surface area contributed by atoms with Crippen molar-refractivity contribution in [3.63, 3.8) is 0 Å². The predicted molar refractivity (Wildman–Crippen MR) is 79.9 cm³/mol. The summed E-state index contributed by atoms with van der Waals surface area (Å²) >= 11 is 0. The van der Waals surface area contributed by atoms with Crippen LogP contribution in [0.4, 0.5) is 11.4 Å². The van der Waals surface area contributed by atoms with Gasteiger partial charge in [0.05, 0.1) is 19.0 Å². The lowest BCUT2D eigenvalue weighted by atomic mass is 10.2. The molecule has 20 heavy (non-hydrogen) atoms. The van der Waals surface area contributed by atoms with Crippen LogP contribution in [0.3, 0.4) is 0 Å². The van der Waals surface area contributed by atoms with Crippen molar-refractivity contribution in [3.8, 4) is 5.75 Å². The van der Waals surface area contributed by atoms with Gasteiger partial charge in [-0.15, -0.1) is 0 Å². The molecule has 2 rings (SSSR count). The van der Waals surface area contributed by atoms with Crippen molar-refractivity contribution in [1.29, 1.82) is 0 Å². The molecule has 4 heteroatoms. The normalized spacial score (nSPS) is 10.2. The van der Waals surface area contributed by atoms with E-state index in [1.807, 2.05) is 49.2 Å². The number of Topliss-reactive ketones (excluding diaryl/α,β-unsaturated/α-hetero) is 1. The first-order valence-electron chi connectivity index (χ1n) is 6.52. The molecule has 0 spiro atoms.